The second-order valence-corrected chi connectivity index (χ2v) is 5.55. The van der Waals surface area contributed by atoms with Gasteiger partial charge in [0.1, 0.15) is 0 Å². The van der Waals surface area contributed by atoms with E-state index in [0.717, 1.165) is 12.0 Å². The number of rotatable bonds is 0. The first-order chi connectivity index (χ1) is 4.90. The molecule has 4 aliphatic heterocycles. The van der Waals surface area contributed by atoms with Crippen LogP contribution in [0.1, 0.15) is 6.42 Å². The molecule has 0 aliphatic carbocycles. The molecule has 4 bridgehead atoms. The molecule has 56 valence electrons. The lowest BCUT2D eigenvalue weighted by atomic mass is 10.0. The van der Waals surface area contributed by atoms with Gasteiger partial charge in [-0.25, -0.2) is 10.6 Å². The number of hydrazine groups is 2. The minimum atomic E-state index is 0.202. The first-order valence-corrected chi connectivity index (χ1v) is 5.66. The highest BCUT2D eigenvalue weighted by atomic mass is 31.1. The molecular weight excluding hydrogens is 145 g/mol. The van der Waals surface area contributed by atoms with Crippen LogP contribution in [0.5, 0.6) is 0 Å². The highest BCUT2D eigenvalue weighted by molar-refractivity contribution is 7.55. The van der Waals surface area contributed by atoms with Gasteiger partial charge < -0.3 is 0 Å². The lowest BCUT2D eigenvalue weighted by molar-refractivity contribution is 0.0424. The highest BCUT2D eigenvalue weighted by Crippen LogP contribution is 2.46. The molecule has 4 unspecified atom stereocenters. The molecule has 4 heterocycles. The molecule has 4 heteroatoms. The van der Waals surface area contributed by atoms with Gasteiger partial charge >= 0.3 is 0 Å². The molecule has 2 N–H and O–H groups in total. The molecular formula is C6H12N3P. The van der Waals surface area contributed by atoms with E-state index in [1.54, 1.807) is 0 Å². The lowest BCUT2D eigenvalue weighted by Crippen LogP contribution is -2.66. The Labute approximate surface area is 61.9 Å². The van der Waals surface area contributed by atoms with E-state index in [0.29, 0.717) is 0 Å². The molecule has 3 nitrogen and oxygen atoms in total. The molecule has 4 rings (SSSR count). The third-order valence-corrected chi connectivity index (χ3v) is 4.94. The predicted molar refractivity (Wildman–Crippen MR) is 41.5 cm³/mol. The van der Waals surface area contributed by atoms with Gasteiger partial charge in [0, 0.05) is 12.6 Å². The van der Waals surface area contributed by atoms with Crippen molar-refractivity contribution in [2.45, 2.75) is 12.5 Å². The number of nitrogens with zero attached hydrogens (tertiary/aromatic N) is 1. The van der Waals surface area contributed by atoms with Gasteiger partial charge in [-0.15, -0.1) is 0 Å². The van der Waals surface area contributed by atoms with E-state index in [1.807, 2.05) is 0 Å². The zero-order valence-corrected chi connectivity index (χ0v) is 6.77. The fourth-order valence-electron chi connectivity index (χ4n) is 2.28. The quantitative estimate of drug-likeness (QED) is 0.489. The van der Waals surface area contributed by atoms with Crippen molar-refractivity contribution in [1.29, 1.82) is 0 Å². The van der Waals surface area contributed by atoms with Gasteiger partial charge in [0.15, 0.2) is 0 Å². The van der Waals surface area contributed by atoms with Crippen LogP contribution in [0.3, 0.4) is 0 Å². The summed E-state index contributed by atoms with van der Waals surface area (Å²) in [7, 11) is 0.202. The fourth-order valence-corrected chi connectivity index (χ4v) is 4.73. The lowest BCUT2D eigenvalue weighted by Gasteiger charge is -2.52. The average molecular weight is 157 g/mol. The van der Waals surface area contributed by atoms with Crippen LogP contribution in [-0.4, -0.2) is 30.0 Å². The van der Waals surface area contributed by atoms with E-state index in [2.05, 4.69) is 15.7 Å². The fraction of sp³-hybridized carbons (Fsp3) is 1.00. The van der Waals surface area contributed by atoms with Gasteiger partial charge in [-0.1, -0.05) is 0 Å². The van der Waals surface area contributed by atoms with E-state index < -0.39 is 0 Å². The maximum atomic E-state index is 3.50. The van der Waals surface area contributed by atoms with Gasteiger partial charge in [-0.05, 0) is 32.7 Å². The predicted octanol–water partition coefficient (Wildman–Crippen LogP) is 0.110. The Balaban J connectivity index is 1.90. The minimum absolute atomic E-state index is 0.202. The molecule has 0 spiro atoms. The summed E-state index contributed by atoms with van der Waals surface area (Å²) in [5, 5.41) is 5.72. The van der Waals surface area contributed by atoms with E-state index in [1.165, 1.54) is 25.3 Å². The first-order valence-electron chi connectivity index (χ1n) is 3.95. The number of nitrogens with one attached hydrogen (secondary N) is 2. The zero-order chi connectivity index (χ0) is 6.55. The van der Waals surface area contributed by atoms with Crippen LogP contribution in [0.25, 0.3) is 0 Å². The Morgan fingerprint density at radius 1 is 1.40 bits per heavy atom. The Bertz CT molecular complexity index is 105. The summed E-state index contributed by atoms with van der Waals surface area (Å²) in [6.45, 7) is 1.23. The van der Waals surface area contributed by atoms with E-state index in [9.17, 15) is 0 Å². The van der Waals surface area contributed by atoms with Crippen molar-refractivity contribution >= 4 is 8.07 Å². The molecule has 4 saturated heterocycles. The Hall–Kier alpha value is 0.310. The largest absolute Gasteiger partial charge is 0.238 e. The van der Waals surface area contributed by atoms with Gasteiger partial charge in [0.05, 0.1) is 0 Å². The van der Waals surface area contributed by atoms with Crippen molar-refractivity contribution in [1.82, 2.24) is 15.7 Å². The maximum Gasteiger partial charge on any atom is 0.0324 e. The van der Waals surface area contributed by atoms with E-state index >= 15 is 0 Å². The van der Waals surface area contributed by atoms with Crippen LogP contribution in [-0.2, 0) is 0 Å². The summed E-state index contributed by atoms with van der Waals surface area (Å²) >= 11 is 0. The van der Waals surface area contributed by atoms with E-state index in [-0.39, 0.29) is 8.07 Å². The molecule has 4 fully saturated rings. The summed E-state index contributed by atoms with van der Waals surface area (Å²) in [5.41, 5.74) is 3.45. The third-order valence-electron chi connectivity index (χ3n) is 2.58. The maximum absolute atomic E-state index is 3.50. The first kappa shape index (κ1) is 5.90. The average Bonchev–Trinajstić information content (AvgIpc) is 1.82. The Morgan fingerprint density at radius 3 is 3.10 bits per heavy atom. The van der Waals surface area contributed by atoms with Crippen molar-refractivity contribution in [3.05, 3.63) is 0 Å². The molecule has 4 aliphatic rings. The molecule has 0 aromatic rings. The number of hydrogen-bond acceptors (Lipinski definition) is 3. The van der Waals surface area contributed by atoms with Crippen LogP contribution in [0, 0.1) is 5.92 Å². The van der Waals surface area contributed by atoms with Crippen molar-refractivity contribution in [3.63, 3.8) is 0 Å². The standard InChI is InChI=1S/C6H12N3P/c1-5-2-9-7-6(1)4-10(3-5)8-9/h5-8H,1-4H2. The van der Waals surface area contributed by atoms with Crippen molar-refractivity contribution in [2.24, 2.45) is 5.92 Å². The SMILES string of the molecule is C1C2CN3NC1CP(C2)N3. The third kappa shape index (κ3) is 0.751. The van der Waals surface area contributed by atoms with Crippen LogP contribution >= 0.6 is 8.07 Å². The molecule has 10 heavy (non-hydrogen) atoms. The monoisotopic (exact) mass is 157 g/mol. The van der Waals surface area contributed by atoms with Crippen LogP contribution in [0.4, 0.5) is 0 Å². The second kappa shape index (κ2) is 1.92. The van der Waals surface area contributed by atoms with Gasteiger partial charge in [0.2, 0.25) is 0 Å². The van der Waals surface area contributed by atoms with Crippen molar-refractivity contribution in [3.8, 4) is 0 Å². The van der Waals surface area contributed by atoms with E-state index in [4.69, 9.17) is 0 Å². The Kier molecular flexibility index (Phi) is 1.13. The minimum Gasteiger partial charge on any atom is -0.238 e. The van der Waals surface area contributed by atoms with Crippen molar-refractivity contribution < 1.29 is 0 Å². The smallest absolute Gasteiger partial charge is 0.0324 e. The summed E-state index contributed by atoms with van der Waals surface area (Å²) in [4.78, 5) is 0. The number of hydrogen-bond donors (Lipinski definition) is 2. The summed E-state index contributed by atoms with van der Waals surface area (Å²) < 4.78 is 0. The Morgan fingerprint density at radius 2 is 2.40 bits per heavy atom. The molecule has 0 aromatic carbocycles. The van der Waals surface area contributed by atoms with Gasteiger partial charge in [-0.2, -0.15) is 5.12 Å². The molecule has 0 saturated carbocycles. The highest BCUT2D eigenvalue weighted by Gasteiger charge is 2.40. The van der Waals surface area contributed by atoms with Crippen LogP contribution in [0.2, 0.25) is 0 Å². The second-order valence-electron chi connectivity index (χ2n) is 3.54. The topological polar surface area (TPSA) is 27.3 Å². The molecule has 0 aromatic heterocycles. The zero-order valence-electron chi connectivity index (χ0n) is 5.88. The van der Waals surface area contributed by atoms with Crippen molar-refractivity contribution in [2.75, 3.05) is 18.9 Å². The summed E-state index contributed by atoms with van der Waals surface area (Å²) in [5.74, 6) is 1.01. The van der Waals surface area contributed by atoms with Gasteiger partial charge in [-0.3, -0.25) is 0 Å². The summed E-state index contributed by atoms with van der Waals surface area (Å²) in [6.07, 6.45) is 4.31. The molecule has 4 atom stereocenters. The summed E-state index contributed by atoms with van der Waals surface area (Å²) in [6, 6.07) is 0.819. The normalized spacial score (nSPS) is 57.6. The van der Waals surface area contributed by atoms with Crippen LogP contribution < -0.4 is 10.6 Å². The molecule has 0 amide bonds. The molecule has 0 radical (unpaired) electrons. The van der Waals surface area contributed by atoms with Gasteiger partial charge in [0.25, 0.3) is 0 Å². The van der Waals surface area contributed by atoms with Crippen LogP contribution in [0.15, 0.2) is 0 Å².